The number of aromatic nitrogens is 2. The number of ether oxygens (including phenoxy) is 2. The van der Waals surface area contributed by atoms with Gasteiger partial charge in [0, 0.05) is 31.0 Å². The SMILES string of the molecule is COc1cc2c(cc1OC)CN(c1ccnc(Nc3ccc(F)c(F)c3)n1)CC2. The molecule has 0 radical (unpaired) electrons. The van der Waals surface area contributed by atoms with Crippen LogP contribution in [0, 0.1) is 11.6 Å². The molecule has 1 aromatic heterocycles. The van der Waals surface area contributed by atoms with Crippen LogP contribution in [0.3, 0.4) is 0 Å². The van der Waals surface area contributed by atoms with Gasteiger partial charge in [0.05, 0.1) is 14.2 Å². The first-order valence-corrected chi connectivity index (χ1v) is 9.11. The summed E-state index contributed by atoms with van der Waals surface area (Å²) in [6.45, 7) is 1.45. The summed E-state index contributed by atoms with van der Waals surface area (Å²) in [6.07, 6.45) is 2.47. The number of fused-ring (bicyclic) bond motifs is 1. The Morgan fingerprint density at radius 2 is 1.72 bits per heavy atom. The van der Waals surface area contributed by atoms with Gasteiger partial charge in [-0.25, -0.2) is 13.8 Å². The molecule has 0 saturated heterocycles. The van der Waals surface area contributed by atoms with Crippen molar-refractivity contribution in [3.05, 3.63) is 65.4 Å². The number of halogens is 2. The van der Waals surface area contributed by atoms with Gasteiger partial charge >= 0.3 is 0 Å². The third-order valence-corrected chi connectivity index (χ3v) is 4.86. The van der Waals surface area contributed by atoms with Gasteiger partial charge in [-0.05, 0) is 47.9 Å². The first-order valence-electron chi connectivity index (χ1n) is 9.11. The van der Waals surface area contributed by atoms with Crippen LogP contribution in [0.2, 0.25) is 0 Å². The number of hydrogen-bond acceptors (Lipinski definition) is 6. The number of rotatable bonds is 5. The van der Waals surface area contributed by atoms with Crippen LogP contribution in [0.4, 0.5) is 26.2 Å². The summed E-state index contributed by atoms with van der Waals surface area (Å²) in [6, 6.07) is 9.39. The lowest BCUT2D eigenvalue weighted by Crippen LogP contribution is -2.31. The summed E-state index contributed by atoms with van der Waals surface area (Å²) in [5, 5.41) is 2.91. The Kier molecular flexibility index (Phi) is 5.16. The van der Waals surface area contributed by atoms with E-state index in [1.165, 1.54) is 11.6 Å². The highest BCUT2D eigenvalue weighted by Crippen LogP contribution is 2.34. The second-order valence-electron chi connectivity index (χ2n) is 6.64. The van der Waals surface area contributed by atoms with E-state index < -0.39 is 11.6 Å². The first kappa shape index (κ1) is 18.9. The molecule has 29 heavy (non-hydrogen) atoms. The molecule has 3 aromatic rings. The summed E-state index contributed by atoms with van der Waals surface area (Å²) in [7, 11) is 3.24. The molecule has 4 rings (SSSR count). The number of anilines is 3. The quantitative estimate of drug-likeness (QED) is 0.699. The van der Waals surface area contributed by atoms with Crippen LogP contribution in [0.1, 0.15) is 11.1 Å². The molecular weight excluding hydrogens is 378 g/mol. The lowest BCUT2D eigenvalue weighted by Gasteiger charge is -2.30. The van der Waals surface area contributed by atoms with Gasteiger partial charge in [-0.3, -0.25) is 0 Å². The Morgan fingerprint density at radius 3 is 2.45 bits per heavy atom. The second kappa shape index (κ2) is 7.90. The monoisotopic (exact) mass is 398 g/mol. The van der Waals surface area contributed by atoms with Crippen molar-refractivity contribution in [2.45, 2.75) is 13.0 Å². The van der Waals surface area contributed by atoms with Crippen LogP contribution in [0.5, 0.6) is 11.5 Å². The smallest absolute Gasteiger partial charge is 0.229 e. The number of nitrogens with zero attached hydrogens (tertiary/aromatic N) is 3. The third kappa shape index (κ3) is 3.91. The molecule has 0 spiro atoms. The van der Waals surface area contributed by atoms with Crippen LogP contribution in [0.25, 0.3) is 0 Å². The molecule has 1 aliphatic heterocycles. The van der Waals surface area contributed by atoms with Crippen molar-refractivity contribution in [2.24, 2.45) is 0 Å². The van der Waals surface area contributed by atoms with E-state index in [4.69, 9.17) is 9.47 Å². The van der Waals surface area contributed by atoms with Gasteiger partial charge in [-0.1, -0.05) is 0 Å². The van der Waals surface area contributed by atoms with E-state index in [9.17, 15) is 8.78 Å². The Balaban J connectivity index is 1.55. The van der Waals surface area contributed by atoms with Crippen molar-refractivity contribution in [1.29, 1.82) is 0 Å². The Morgan fingerprint density at radius 1 is 0.966 bits per heavy atom. The minimum atomic E-state index is -0.928. The largest absolute Gasteiger partial charge is 0.493 e. The van der Waals surface area contributed by atoms with Crippen LogP contribution < -0.4 is 19.7 Å². The van der Waals surface area contributed by atoms with E-state index in [1.54, 1.807) is 20.4 Å². The molecule has 2 heterocycles. The van der Waals surface area contributed by atoms with E-state index in [1.807, 2.05) is 18.2 Å². The van der Waals surface area contributed by atoms with Crippen LogP contribution >= 0.6 is 0 Å². The van der Waals surface area contributed by atoms with Gasteiger partial charge in [-0.15, -0.1) is 0 Å². The van der Waals surface area contributed by atoms with Crippen molar-refractivity contribution < 1.29 is 18.3 Å². The van der Waals surface area contributed by atoms with Crippen molar-refractivity contribution in [2.75, 3.05) is 31.0 Å². The third-order valence-electron chi connectivity index (χ3n) is 4.86. The molecule has 1 aliphatic rings. The van der Waals surface area contributed by atoms with Crippen molar-refractivity contribution >= 4 is 17.5 Å². The average Bonchev–Trinajstić information content (AvgIpc) is 2.75. The second-order valence-corrected chi connectivity index (χ2v) is 6.64. The molecule has 8 heteroatoms. The maximum absolute atomic E-state index is 13.4. The van der Waals surface area contributed by atoms with E-state index >= 15 is 0 Å². The maximum Gasteiger partial charge on any atom is 0.229 e. The first-order chi connectivity index (χ1) is 14.1. The highest BCUT2D eigenvalue weighted by atomic mass is 19.2. The molecule has 6 nitrogen and oxygen atoms in total. The van der Waals surface area contributed by atoms with Gasteiger partial charge in [0.2, 0.25) is 5.95 Å². The fraction of sp³-hybridized carbons (Fsp3) is 0.238. The highest BCUT2D eigenvalue weighted by molar-refractivity contribution is 5.56. The van der Waals surface area contributed by atoms with E-state index in [0.717, 1.165) is 42.2 Å². The molecule has 0 atom stereocenters. The minimum Gasteiger partial charge on any atom is -0.493 e. The zero-order chi connectivity index (χ0) is 20.4. The molecule has 0 amide bonds. The van der Waals surface area contributed by atoms with Crippen molar-refractivity contribution in [3.63, 3.8) is 0 Å². The van der Waals surface area contributed by atoms with Crippen LogP contribution in [0.15, 0.2) is 42.6 Å². The molecule has 150 valence electrons. The van der Waals surface area contributed by atoms with E-state index in [0.29, 0.717) is 23.9 Å². The Hall–Kier alpha value is -3.42. The molecule has 2 aromatic carbocycles. The van der Waals surface area contributed by atoms with Crippen molar-refractivity contribution in [1.82, 2.24) is 9.97 Å². The summed E-state index contributed by atoms with van der Waals surface area (Å²) < 4.78 is 37.3. The van der Waals surface area contributed by atoms with Gasteiger partial charge in [0.1, 0.15) is 5.82 Å². The molecule has 0 fully saturated rings. The Labute approximate surface area is 167 Å². The van der Waals surface area contributed by atoms with Gasteiger partial charge in [-0.2, -0.15) is 4.98 Å². The van der Waals surface area contributed by atoms with E-state index in [2.05, 4.69) is 20.2 Å². The van der Waals surface area contributed by atoms with E-state index in [-0.39, 0.29) is 0 Å². The summed E-state index contributed by atoms with van der Waals surface area (Å²) >= 11 is 0. The number of nitrogens with one attached hydrogen (secondary N) is 1. The predicted octanol–water partition coefficient (Wildman–Crippen LogP) is 4.08. The van der Waals surface area contributed by atoms with Gasteiger partial charge < -0.3 is 19.7 Å². The number of methoxy groups -OCH3 is 2. The zero-order valence-electron chi connectivity index (χ0n) is 16.1. The number of hydrogen-bond donors (Lipinski definition) is 1. The van der Waals surface area contributed by atoms with Crippen molar-refractivity contribution in [3.8, 4) is 11.5 Å². The number of benzene rings is 2. The molecule has 0 aliphatic carbocycles. The van der Waals surface area contributed by atoms with Gasteiger partial charge in [0.15, 0.2) is 23.1 Å². The lowest BCUT2D eigenvalue weighted by molar-refractivity contribution is 0.353. The predicted molar refractivity (Wildman–Crippen MR) is 106 cm³/mol. The van der Waals surface area contributed by atoms with Crippen LogP contribution in [-0.4, -0.2) is 30.7 Å². The molecule has 0 unspecified atom stereocenters. The Bertz CT molecular complexity index is 1050. The molecular formula is C21H20F2N4O2. The topological polar surface area (TPSA) is 59.5 Å². The maximum atomic E-state index is 13.4. The average molecular weight is 398 g/mol. The summed E-state index contributed by atoms with van der Waals surface area (Å²) in [5.41, 5.74) is 2.73. The summed E-state index contributed by atoms with van der Waals surface area (Å²) in [4.78, 5) is 10.8. The van der Waals surface area contributed by atoms with Crippen LogP contribution in [-0.2, 0) is 13.0 Å². The lowest BCUT2D eigenvalue weighted by atomic mass is 9.99. The molecule has 1 N–H and O–H groups in total. The molecule has 0 saturated carbocycles. The molecule has 0 bridgehead atoms. The zero-order valence-corrected chi connectivity index (χ0v) is 16.1. The highest BCUT2D eigenvalue weighted by Gasteiger charge is 2.21. The fourth-order valence-electron chi connectivity index (χ4n) is 3.37. The van der Waals surface area contributed by atoms with Gasteiger partial charge in [0.25, 0.3) is 0 Å². The minimum absolute atomic E-state index is 0.312. The standard InChI is InChI=1S/C21H20F2N4O2/c1-28-18-9-13-6-8-27(12-14(13)10-19(18)29-2)20-5-7-24-21(26-20)25-15-3-4-16(22)17(23)11-15/h3-5,7,9-11H,6,8,12H2,1-2H3,(H,24,25,26). The normalized spacial score (nSPS) is 13.0. The summed E-state index contributed by atoms with van der Waals surface area (Å²) in [5.74, 6) is 0.640. The fourth-order valence-corrected chi connectivity index (χ4v) is 3.37.